The lowest BCUT2D eigenvalue weighted by Gasteiger charge is -2.12. The lowest BCUT2D eigenvalue weighted by atomic mass is 10.1. The van der Waals surface area contributed by atoms with Crippen LogP contribution in [0.15, 0.2) is 72.8 Å². The molecule has 0 unspecified atom stereocenters. The summed E-state index contributed by atoms with van der Waals surface area (Å²) in [4.78, 5) is 24.9. The number of esters is 1. The Balaban J connectivity index is 1.73. The van der Waals surface area contributed by atoms with Crippen LogP contribution in [0.3, 0.4) is 0 Å². The van der Waals surface area contributed by atoms with Gasteiger partial charge in [0.1, 0.15) is 28.6 Å². The van der Waals surface area contributed by atoms with Crippen molar-refractivity contribution in [3.05, 3.63) is 95.3 Å². The summed E-state index contributed by atoms with van der Waals surface area (Å²) in [6, 6.07) is 17.2. The first kappa shape index (κ1) is 20.8. The summed E-state index contributed by atoms with van der Waals surface area (Å²) in [6.45, 7) is 0. The molecule has 0 bridgehead atoms. The van der Waals surface area contributed by atoms with Crippen LogP contribution in [0, 0.1) is 5.82 Å². The molecule has 3 rings (SSSR count). The molecule has 0 spiro atoms. The van der Waals surface area contributed by atoms with Gasteiger partial charge in [0.2, 0.25) is 0 Å². The first-order valence-corrected chi connectivity index (χ1v) is 9.03. The molecule has 3 aromatic rings. The molecule has 6 heteroatoms. The van der Waals surface area contributed by atoms with Gasteiger partial charge in [-0.25, -0.2) is 9.18 Å². The third-order valence-corrected chi connectivity index (χ3v) is 4.30. The number of allylic oxidation sites excluding steroid dienone is 1. The Morgan fingerprint density at radius 1 is 0.833 bits per heavy atom. The molecule has 0 amide bonds. The second kappa shape index (κ2) is 9.52. The summed E-state index contributed by atoms with van der Waals surface area (Å²) in [7, 11) is 2.89. The van der Waals surface area contributed by atoms with E-state index >= 15 is 0 Å². The van der Waals surface area contributed by atoms with Crippen LogP contribution in [-0.2, 0) is 0 Å². The topological polar surface area (TPSA) is 61.8 Å². The van der Waals surface area contributed by atoms with Gasteiger partial charge >= 0.3 is 5.97 Å². The number of hydrogen-bond donors (Lipinski definition) is 0. The number of hydrogen-bond acceptors (Lipinski definition) is 5. The number of ether oxygens (including phenoxy) is 3. The molecular weight excluding hydrogens is 387 g/mol. The van der Waals surface area contributed by atoms with Gasteiger partial charge in [-0.2, -0.15) is 0 Å². The standard InChI is InChI=1S/C24H19FO5/c1-28-21-8-5-9-22(29-2)23(21)24(27)30-18-13-10-17(11-14-18)20(26)15-12-16-6-3-4-7-19(16)25/h3-15H,1-2H3/b15-12+. The normalized spacial score (nSPS) is 10.6. The molecule has 0 saturated carbocycles. The van der Waals surface area contributed by atoms with Gasteiger partial charge in [-0.1, -0.05) is 24.3 Å². The fourth-order valence-corrected chi connectivity index (χ4v) is 2.77. The van der Waals surface area contributed by atoms with Crippen molar-refractivity contribution in [2.24, 2.45) is 0 Å². The summed E-state index contributed by atoms with van der Waals surface area (Å²) in [5.41, 5.74) is 0.856. The maximum Gasteiger partial charge on any atom is 0.351 e. The lowest BCUT2D eigenvalue weighted by Crippen LogP contribution is -2.12. The molecule has 0 N–H and O–H groups in total. The van der Waals surface area contributed by atoms with Crippen LogP contribution in [0.1, 0.15) is 26.3 Å². The number of halogens is 1. The van der Waals surface area contributed by atoms with Crippen molar-refractivity contribution < 1.29 is 28.2 Å². The number of carbonyl (C=O) groups excluding carboxylic acids is 2. The second-order valence-electron chi connectivity index (χ2n) is 6.17. The Labute approximate surface area is 173 Å². The van der Waals surface area contributed by atoms with Crippen molar-refractivity contribution >= 4 is 17.8 Å². The number of methoxy groups -OCH3 is 2. The third kappa shape index (κ3) is 4.72. The molecule has 0 radical (unpaired) electrons. The average Bonchev–Trinajstić information content (AvgIpc) is 2.78. The van der Waals surface area contributed by atoms with E-state index in [1.807, 2.05) is 0 Å². The van der Waals surface area contributed by atoms with E-state index in [4.69, 9.17) is 14.2 Å². The van der Waals surface area contributed by atoms with Gasteiger partial charge in [-0.15, -0.1) is 0 Å². The minimum atomic E-state index is -0.650. The number of benzene rings is 3. The highest BCUT2D eigenvalue weighted by Gasteiger charge is 2.20. The van der Waals surface area contributed by atoms with Gasteiger partial charge < -0.3 is 14.2 Å². The smallest absolute Gasteiger partial charge is 0.351 e. The Bertz CT molecular complexity index is 1060. The van der Waals surface area contributed by atoms with Crippen molar-refractivity contribution in [3.63, 3.8) is 0 Å². The van der Waals surface area contributed by atoms with Gasteiger partial charge in [-0.3, -0.25) is 4.79 Å². The second-order valence-corrected chi connectivity index (χ2v) is 6.17. The molecule has 0 atom stereocenters. The highest BCUT2D eigenvalue weighted by Crippen LogP contribution is 2.29. The van der Waals surface area contributed by atoms with E-state index in [1.165, 1.54) is 56.7 Å². The Hall–Kier alpha value is -3.93. The quantitative estimate of drug-likeness (QED) is 0.240. The maximum absolute atomic E-state index is 13.6. The molecule has 0 aliphatic heterocycles. The molecule has 5 nitrogen and oxygen atoms in total. The fraction of sp³-hybridized carbons (Fsp3) is 0.0833. The zero-order valence-corrected chi connectivity index (χ0v) is 16.4. The highest BCUT2D eigenvalue weighted by molar-refractivity contribution is 6.07. The third-order valence-electron chi connectivity index (χ3n) is 4.30. The van der Waals surface area contributed by atoms with Crippen molar-refractivity contribution in [1.29, 1.82) is 0 Å². The van der Waals surface area contributed by atoms with Crippen LogP contribution in [0.25, 0.3) is 6.08 Å². The van der Waals surface area contributed by atoms with Gasteiger partial charge in [0.25, 0.3) is 0 Å². The largest absolute Gasteiger partial charge is 0.496 e. The van der Waals surface area contributed by atoms with Crippen LogP contribution in [0.4, 0.5) is 4.39 Å². The van der Waals surface area contributed by atoms with Crippen LogP contribution in [-0.4, -0.2) is 26.0 Å². The summed E-state index contributed by atoms with van der Waals surface area (Å²) in [5.74, 6) is -0.461. The number of rotatable bonds is 7. The van der Waals surface area contributed by atoms with Gasteiger partial charge in [-0.05, 0) is 54.6 Å². The van der Waals surface area contributed by atoms with Gasteiger partial charge in [0.05, 0.1) is 14.2 Å². The first-order valence-electron chi connectivity index (χ1n) is 9.03. The summed E-state index contributed by atoms with van der Waals surface area (Å²) in [6.07, 6.45) is 2.71. The van der Waals surface area contributed by atoms with E-state index in [0.29, 0.717) is 22.6 Å². The average molecular weight is 406 g/mol. The zero-order valence-electron chi connectivity index (χ0n) is 16.4. The van der Waals surface area contributed by atoms with E-state index in [0.717, 1.165) is 0 Å². The lowest BCUT2D eigenvalue weighted by molar-refractivity contribution is 0.0727. The molecular formula is C24H19FO5. The predicted molar refractivity (Wildman–Crippen MR) is 111 cm³/mol. The van der Waals surface area contributed by atoms with E-state index in [1.54, 1.807) is 36.4 Å². The maximum atomic E-state index is 13.6. The molecule has 0 heterocycles. The summed E-state index contributed by atoms with van der Waals surface area (Å²) in [5, 5.41) is 0. The molecule has 152 valence electrons. The summed E-state index contributed by atoms with van der Waals surface area (Å²) < 4.78 is 29.4. The van der Waals surface area contributed by atoms with Crippen LogP contribution in [0.5, 0.6) is 17.2 Å². The van der Waals surface area contributed by atoms with E-state index in [2.05, 4.69) is 0 Å². The van der Waals surface area contributed by atoms with Crippen LogP contribution >= 0.6 is 0 Å². The van der Waals surface area contributed by atoms with E-state index in [9.17, 15) is 14.0 Å². The number of carbonyl (C=O) groups is 2. The SMILES string of the molecule is COc1cccc(OC)c1C(=O)Oc1ccc(C(=O)/C=C/c2ccccc2F)cc1. The first-order chi connectivity index (χ1) is 14.5. The van der Waals surface area contributed by atoms with Gasteiger partial charge in [0.15, 0.2) is 5.78 Å². The van der Waals surface area contributed by atoms with Crippen LogP contribution in [0.2, 0.25) is 0 Å². The summed E-state index contributed by atoms with van der Waals surface area (Å²) >= 11 is 0. The van der Waals surface area contributed by atoms with Crippen molar-refractivity contribution in [2.75, 3.05) is 14.2 Å². The molecule has 0 aromatic heterocycles. The number of ketones is 1. The Morgan fingerprint density at radius 2 is 1.47 bits per heavy atom. The van der Waals surface area contributed by atoms with Crippen LogP contribution < -0.4 is 14.2 Å². The molecule has 30 heavy (non-hydrogen) atoms. The van der Waals surface area contributed by atoms with Crippen molar-refractivity contribution in [1.82, 2.24) is 0 Å². The molecule has 0 aliphatic carbocycles. The molecule has 0 fully saturated rings. The highest BCUT2D eigenvalue weighted by atomic mass is 19.1. The van der Waals surface area contributed by atoms with E-state index < -0.39 is 11.8 Å². The molecule has 3 aromatic carbocycles. The fourth-order valence-electron chi connectivity index (χ4n) is 2.77. The van der Waals surface area contributed by atoms with Crippen molar-refractivity contribution in [3.8, 4) is 17.2 Å². The Morgan fingerprint density at radius 3 is 2.07 bits per heavy atom. The molecule has 0 aliphatic rings. The zero-order chi connectivity index (χ0) is 21.5. The predicted octanol–water partition coefficient (Wildman–Crippen LogP) is 4.96. The minimum absolute atomic E-state index is 0.162. The minimum Gasteiger partial charge on any atom is -0.496 e. The monoisotopic (exact) mass is 406 g/mol. The molecule has 0 saturated heterocycles. The Kier molecular flexibility index (Phi) is 6.60. The van der Waals surface area contributed by atoms with Gasteiger partial charge in [0, 0.05) is 11.1 Å². The van der Waals surface area contributed by atoms with E-state index in [-0.39, 0.29) is 17.1 Å². The van der Waals surface area contributed by atoms with Crippen molar-refractivity contribution in [2.45, 2.75) is 0 Å².